The van der Waals surface area contributed by atoms with Gasteiger partial charge in [0.1, 0.15) is 0 Å². The molecule has 0 radical (unpaired) electrons. The van der Waals surface area contributed by atoms with Gasteiger partial charge in [-0.25, -0.2) is 0 Å². The summed E-state index contributed by atoms with van der Waals surface area (Å²) in [7, 11) is 3.19. The minimum Gasteiger partial charge on any atom is -0.493 e. The van der Waals surface area contributed by atoms with Crippen molar-refractivity contribution in [2.75, 3.05) is 20.8 Å². The summed E-state index contributed by atoms with van der Waals surface area (Å²) >= 11 is 0. The Bertz CT molecular complexity index is 784. The molecule has 1 N–H and O–H groups in total. The average molecular weight is 369 g/mol. The van der Waals surface area contributed by atoms with Gasteiger partial charge in [0.2, 0.25) is 5.91 Å². The van der Waals surface area contributed by atoms with E-state index in [-0.39, 0.29) is 18.1 Å². The molecular weight excluding hydrogens is 342 g/mol. The van der Waals surface area contributed by atoms with E-state index in [1.54, 1.807) is 40.2 Å². The zero-order valence-electron chi connectivity index (χ0n) is 16.4. The minimum atomic E-state index is -0.773. The van der Waals surface area contributed by atoms with Crippen LogP contribution < -0.4 is 14.8 Å². The summed E-state index contributed by atoms with van der Waals surface area (Å²) < 4.78 is 10.5. The summed E-state index contributed by atoms with van der Waals surface area (Å²) in [6.45, 7) is 4.07. The molecule has 0 aliphatic rings. The predicted molar refractivity (Wildman–Crippen MR) is 105 cm³/mol. The lowest BCUT2D eigenvalue weighted by Gasteiger charge is -2.23. The monoisotopic (exact) mass is 369 g/mol. The van der Waals surface area contributed by atoms with Crippen molar-refractivity contribution in [1.29, 1.82) is 0 Å². The van der Waals surface area contributed by atoms with E-state index in [1.165, 1.54) is 0 Å². The van der Waals surface area contributed by atoms with Crippen LogP contribution in [0.3, 0.4) is 0 Å². The molecule has 0 aromatic heterocycles. The van der Waals surface area contributed by atoms with Crippen molar-refractivity contribution in [2.24, 2.45) is 5.41 Å². The van der Waals surface area contributed by atoms with Crippen molar-refractivity contribution in [3.8, 4) is 11.5 Å². The first kappa shape index (κ1) is 20.5. The van der Waals surface area contributed by atoms with E-state index in [0.717, 1.165) is 5.56 Å². The molecule has 5 nitrogen and oxygen atoms in total. The van der Waals surface area contributed by atoms with Crippen LogP contribution in [-0.2, 0) is 11.2 Å². The number of amides is 1. The normalized spacial score (nSPS) is 11.0. The van der Waals surface area contributed by atoms with Crippen LogP contribution in [0.25, 0.3) is 0 Å². The van der Waals surface area contributed by atoms with Crippen molar-refractivity contribution >= 4 is 11.7 Å². The molecule has 0 saturated heterocycles. The third-order valence-electron chi connectivity index (χ3n) is 4.46. The van der Waals surface area contributed by atoms with E-state index in [4.69, 9.17) is 9.47 Å². The number of carbonyl (C=O) groups excluding carboxylic acids is 2. The Balaban J connectivity index is 1.89. The number of methoxy groups -OCH3 is 2. The summed E-state index contributed by atoms with van der Waals surface area (Å²) in [5, 5.41) is 2.93. The average Bonchev–Trinajstić information content (AvgIpc) is 2.68. The van der Waals surface area contributed by atoms with Gasteiger partial charge in [-0.1, -0.05) is 50.2 Å². The second-order valence-electron chi connectivity index (χ2n) is 7.05. The molecule has 0 heterocycles. The Kier molecular flexibility index (Phi) is 6.99. The second kappa shape index (κ2) is 9.21. The molecule has 0 saturated carbocycles. The lowest BCUT2D eigenvalue weighted by molar-refractivity contribution is -0.129. The number of hydrogen-bond acceptors (Lipinski definition) is 4. The summed E-state index contributed by atoms with van der Waals surface area (Å²) in [5.74, 6) is 1.17. The molecule has 0 atom stereocenters. The molecule has 2 rings (SSSR count). The molecule has 0 aliphatic heterocycles. The van der Waals surface area contributed by atoms with Gasteiger partial charge in [-0.3, -0.25) is 9.59 Å². The topological polar surface area (TPSA) is 64.6 Å². The SMILES string of the molecule is COc1ccc(CCNC(=O)C(C)(C)CC(=O)c2ccccc2)cc1OC. The van der Waals surface area contributed by atoms with Gasteiger partial charge in [-0.15, -0.1) is 0 Å². The highest BCUT2D eigenvalue weighted by Crippen LogP contribution is 2.28. The third-order valence-corrected chi connectivity index (χ3v) is 4.46. The second-order valence-corrected chi connectivity index (χ2v) is 7.05. The fourth-order valence-corrected chi connectivity index (χ4v) is 2.80. The highest BCUT2D eigenvalue weighted by molar-refractivity contribution is 5.99. The Morgan fingerprint density at radius 3 is 2.26 bits per heavy atom. The summed E-state index contributed by atoms with van der Waals surface area (Å²) in [6, 6.07) is 14.7. The van der Waals surface area contributed by atoms with Gasteiger partial charge in [-0.2, -0.15) is 0 Å². The van der Waals surface area contributed by atoms with Gasteiger partial charge < -0.3 is 14.8 Å². The van der Waals surface area contributed by atoms with E-state index in [0.29, 0.717) is 30.0 Å². The van der Waals surface area contributed by atoms with Crippen LogP contribution >= 0.6 is 0 Å². The van der Waals surface area contributed by atoms with Gasteiger partial charge in [-0.05, 0) is 24.1 Å². The largest absolute Gasteiger partial charge is 0.493 e. The number of benzene rings is 2. The highest BCUT2D eigenvalue weighted by Gasteiger charge is 2.30. The Labute approximate surface area is 160 Å². The number of rotatable bonds is 9. The number of hydrogen-bond donors (Lipinski definition) is 1. The zero-order valence-corrected chi connectivity index (χ0v) is 16.4. The maximum Gasteiger partial charge on any atom is 0.226 e. The first-order valence-electron chi connectivity index (χ1n) is 8.95. The number of ketones is 1. The molecule has 2 aromatic rings. The number of Topliss-reactive ketones (excluding diaryl/α,β-unsaturated/α-hetero) is 1. The molecule has 0 aliphatic carbocycles. The molecule has 2 aromatic carbocycles. The Morgan fingerprint density at radius 1 is 0.963 bits per heavy atom. The Hall–Kier alpha value is -2.82. The van der Waals surface area contributed by atoms with Crippen LogP contribution in [0, 0.1) is 5.41 Å². The molecule has 0 fully saturated rings. The van der Waals surface area contributed by atoms with Crippen LogP contribution in [0.15, 0.2) is 48.5 Å². The molecule has 5 heteroatoms. The smallest absolute Gasteiger partial charge is 0.226 e. The van der Waals surface area contributed by atoms with E-state index in [1.807, 2.05) is 36.4 Å². The van der Waals surface area contributed by atoms with Crippen LogP contribution in [0.1, 0.15) is 36.2 Å². The van der Waals surface area contributed by atoms with Gasteiger partial charge >= 0.3 is 0 Å². The lowest BCUT2D eigenvalue weighted by atomic mass is 9.84. The molecule has 144 valence electrons. The van der Waals surface area contributed by atoms with Crippen molar-refractivity contribution < 1.29 is 19.1 Å². The first-order chi connectivity index (χ1) is 12.9. The number of ether oxygens (including phenoxy) is 2. The maximum atomic E-state index is 12.5. The Morgan fingerprint density at radius 2 is 1.63 bits per heavy atom. The van der Waals surface area contributed by atoms with Crippen molar-refractivity contribution in [1.82, 2.24) is 5.32 Å². The molecule has 1 amide bonds. The maximum absolute atomic E-state index is 12.5. The highest BCUT2D eigenvalue weighted by atomic mass is 16.5. The van der Waals surface area contributed by atoms with E-state index in [9.17, 15) is 9.59 Å². The van der Waals surface area contributed by atoms with Gasteiger partial charge in [0.25, 0.3) is 0 Å². The number of nitrogens with one attached hydrogen (secondary N) is 1. The summed E-state index contributed by atoms with van der Waals surface area (Å²) in [5.41, 5.74) is 0.889. The zero-order chi connectivity index (χ0) is 19.9. The molecular formula is C22H27NO4. The minimum absolute atomic E-state index is 0.0318. The van der Waals surface area contributed by atoms with Crippen molar-refractivity contribution in [2.45, 2.75) is 26.7 Å². The van der Waals surface area contributed by atoms with E-state index < -0.39 is 5.41 Å². The van der Waals surface area contributed by atoms with Gasteiger partial charge in [0.05, 0.1) is 19.6 Å². The van der Waals surface area contributed by atoms with Gasteiger partial charge in [0, 0.05) is 18.5 Å². The number of carbonyl (C=O) groups is 2. The van der Waals surface area contributed by atoms with Crippen LogP contribution in [0.2, 0.25) is 0 Å². The quantitative estimate of drug-likeness (QED) is 0.685. The summed E-state index contributed by atoms with van der Waals surface area (Å²) in [4.78, 5) is 24.9. The lowest BCUT2D eigenvalue weighted by Crippen LogP contribution is -2.39. The van der Waals surface area contributed by atoms with E-state index in [2.05, 4.69) is 5.32 Å². The standard InChI is InChI=1S/C22H27NO4/c1-22(2,15-18(24)17-8-6-5-7-9-17)21(25)23-13-12-16-10-11-19(26-3)20(14-16)27-4/h5-11,14H,12-13,15H2,1-4H3,(H,23,25). The molecule has 0 unspecified atom stereocenters. The van der Waals surface area contributed by atoms with Crippen LogP contribution in [-0.4, -0.2) is 32.5 Å². The summed E-state index contributed by atoms with van der Waals surface area (Å²) in [6.07, 6.45) is 0.827. The fraction of sp³-hybridized carbons (Fsp3) is 0.364. The predicted octanol–water partition coefficient (Wildman–Crippen LogP) is 3.66. The third kappa shape index (κ3) is 5.58. The molecule has 27 heavy (non-hydrogen) atoms. The molecule has 0 bridgehead atoms. The molecule has 0 spiro atoms. The van der Waals surface area contributed by atoms with Crippen LogP contribution in [0.5, 0.6) is 11.5 Å². The van der Waals surface area contributed by atoms with Crippen LogP contribution in [0.4, 0.5) is 0 Å². The fourth-order valence-electron chi connectivity index (χ4n) is 2.80. The van der Waals surface area contributed by atoms with Crippen molar-refractivity contribution in [3.63, 3.8) is 0 Å². The van der Waals surface area contributed by atoms with Crippen molar-refractivity contribution in [3.05, 3.63) is 59.7 Å². The first-order valence-corrected chi connectivity index (χ1v) is 8.95. The van der Waals surface area contributed by atoms with E-state index >= 15 is 0 Å². The van der Waals surface area contributed by atoms with Gasteiger partial charge in [0.15, 0.2) is 17.3 Å².